The van der Waals surface area contributed by atoms with Gasteiger partial charge in [-0.15, -0.1) is 0 Å². The molecule has 31 heavy (non-hydrogen) atoms. The number of amides is 1. The minimum Gasteiger partial charge on any atom is -0.480 e. The third kappa shape index (κ3) is 4.63. The SMILES string of the molecule is C[C@H](Oc1ccc(S(C)(=O)=O)cc1C(=O)N1CCc2ccc([N+](=O)[O-])cc21)C(F)(F)F. The maximum Gasteiger partial charge on any atom is 0.425 e. The molecule has 0 saturated carbocycles. The third-order valence-electron chi connectivity index (χ3n) is 4.79. The first-order valence-corrected chi connectivity index (χ1v) is 10.8. The van der Waals surface area contributed by atoms with Gasteiger partial charge in [-0.3, -0.25) is 14.9 Å². The molecule has 0 radical (unpaired) electrons. The summed E-state index contributed by atoms with van der Waals surface area (Å²) in [7, 11) is -3.77. The lowest BCUT2D eigenvalue weighted by molar-refractivity contribution is -0.384. The van der Waals surface area contributed by atoms with Crippen LogP contribution in [0.25, 0.3) is 0 Å². The van der Waals surface area contributed by atoms with Gasteiger partial charge in [0.15, 0.2) is 15.9 Å². The third-order valence-corrected chi connectivity index (χ3v) is 5.90. The summed E-state index contributed by atoms with van der Waals surface area (Å²) in [6.45, 7) is 0.875. The molecular formula is C19H17F3N2O6S. The fourth-order valence-electron chi connectivity index (χ4n) is 3.10. The van der Waals surface area contributed by atoms with E-state index in [1.54, 1.807) is 0 Å². The molecule has 0 saturated heterocycles. The highest BCUT2D eigenvalue weighted by Gasteiger charge is 2.39. The standard InChI is InChI=1S/C19H17F3N2O6S/c1-11(19(20,21)22)30-17-6-5-14(31(2,28)29)10-15(17)18(25)23-8-7-12-3-4-13(24(26)27)9-16(12)23/h3-6,9-11H,7-8H2,1-2H3/t11-/m0/s1. The molecule has 0 bridgehead atoms. The molecule has 1 heterocycles. The fraction of sp³-hybridized carbons (Fsp3) is 0.316. The van der Waals surface area contributed by atoms with Crippen molar-refractivity contribution in [3.8, 4) is 5.75 Å². The number of benzene rings is 2. The Morgan fingerprint density at radius 3 is 2.48 bits per heavy atom. The van der Waals surface area contributed by atoms with Crippen LogP contribution in [-0.2, 0) is 16.3 Å². The van der Waals surface area contributed by atoms with Crippen molar-refractivity contribution in [3.63, 3.8) is 0 Å². The van der Waals surface area contributed by atoms with Gasteiger partial charge in [0, 0.05) is 24.9 Å². The van der Waals surface area contributed by atoms with E-state index in [1.807, 2.05) is 0 Å². The molecule has 0 fully saturated rings. The van der Waals surface area contributed by atoms with Crippen molar-refractivity contribution in [1.29, 1.82) is 0 Å². The molecule has 0 spiro atoms. The van der Waals surface area contributed by atoms with Crippen molar-refractivity contribution in [2.75, 3.05) is 17.7 Å². The van der Waals surface area contributed by atoms with Crippen LogP contribution in [0.5, 0.6) is 5.75 Å². The summed E-state index contributed by atoms with van der Waals surface area (Å²) in [4.78, 5) is 24.6. The van der Waals surface area contributed by atoms with E-state index in [4.69, 9.17) is 4.74 Å². The average Bonchev–Trinajstić information content (AvgIpc) is 3.09. The fourth-order valence-corrected chi connectivity index (χ4v) is 3.75. The quantitative estimate of drug-likeness (QED) is 0.501. The number of nitro benzene ring substituents is 1. The lowest BCUT2D eigenvalue weighted by atomic mass is 10.1. The lowest BCUT2D eigenvalue weighted by Crippen LogP contribution is -2.33. The number of alkyl halides is 3. The molecule has 1 atom stereocenters. The van der Waals surface area contributed by atoms with Crippen LogP contribution in [0.4, 0.5) is 24.5 Å². The number of nitro groups is 1. The van der Waals surface area contributed by atoms with E-state index in [0.717, 1.165) is 36.3 Å². The van der Waals surface area contributed by atoms with E-state index in [-0.39, 0.29) is 22.8 Å². The molecule has 12 heteroatoms. The zero-order chi connectivity index (χ0) is 23.1. The summed E-state index contributed by atoms with van der Waals surface area (Å²) in [5, 5.41) is 11.1. The molecule has 166 valence electrons. The molecule has 0 aromatic heterocycles. The van der Waals surface area contributed by atoms with E-state index in [0.29, 0.717) is 12.0 Å². The predicted molar refractivity (Wildman–Crippen MR) is 104 cm³/mol. The van der Waals surface area contributed by atoms with Crippen molar-refractivity contribution >= 4 is 27.1 Å². The minimum absolute atomic E-state index is 0.118. The number of halogens is 3. The van der Waals surface area contributed by atoms with Gasteiger partial charge in [0.05, 0.1) is 21.1 Å². The number of anilines is 1. The van der Waals surface area contributed by atoms with Crippen LogP contribution in [0.3, 0.4) is 0 Å². The van der Waals surface area contributed by atoms with Gasteiger partial charge in [-0.1, -0.05) is 6.07 Å². The van der Waals surface area contributed by atoms with Crippen molar-refractivity contribution in [1.82, 2.24) is 0 Å². The highest BCUT2D eigenvalue weighted by Crippen LogP contribution is 2.35. The zero-order valence-corrected chi connectivity index (χ0v) is 17.2. The van der Waals surface area contributed by atoms with Crippen LogP contribution in [0.15, 0.2) is 41.3 Å². The van der Waals surface area contributed by atoms with Crippen LogP contribution in [0.2, 0.25) is 0 Å². The Hall–Kier alpha value is -3.15. The largest absolute Gasteiger partial charge is 0.480 e. The van der Waals surface area contributed by atoms with E-state index in [9.17, 15) is 36.5 Å². The Bertz CT molecular complexity index is 1160. The Morgan fingerprint density at radius 2 is 1.90 bits per heavy atom. The van der Waals surface area contributed by atoms with Gasteiger partial charge < -0.3 is 9.64 Å². The van der Waals surface area contributed by atoms with Gasteiger partial charge >= 0.3 is 6.18 Å². The first-order valence-electron chi connectivity index (χ1n) is 8.95. The minimum atomic E-state index is -4.71. The molecule has 3 rings (SSSR count). The average molecular weight is 458 g/mol. The number of sulfone groups is 1. The molecule has 1 aliphatic rings. The van der Waals surface area contributed by atoms with Gasteiger partial charge in [-0.05, 0) is 37.1 Å². The molecule has 2 aromatic rings. The van der Waals surface area contributed by atoms with Crippen molar-refractivity contribution in [2.45, 2.75) is 30.5 Å². The Morgan fingerprint density at radius 1 is 1.23 bits per heavy atom. The van der Waals surface area contributed by atoms with Crippen LogP contribution >= 0.6 is 0 Å². The van der Waals surface area contributed by atoms with Crippen LogP contribution < -0.4 is 9.64 Å². The first-order chi connectivity index (χ1) is 14.3. The van der Waals surface area contributed by atoms with Gasteiger partial charge in [0.2, 0.25) is 0 Å². The summed E-state index contributed by atoms with van der Waals surface area (Å²) >= 11 is 0. The number of ether oxygens (including phenoxy) is 1. The normalized spacial score (nSPS) is 14.8. The van der Waals surface area contributed by atoms with Gasteiger partial charge in [-0.2, -0.15) is 13.2 Å². The second-order valence-electron chi connectivity index (χ2n) is 7.01. The summed E-state index contributed by atoms with van der Waals surface area (Å²) < 4.78 is 67.7. The molecular weight excluding hydrogens is 441 g/mol. The second kappa shape index (κ2) is 7.84. The highest BCUT2D eigenvalue weighted by molar-refractivity contribution is 7.90. The molecule has 2 aromatic carbocycles. The molecule has 0 N–H and O–H groups in total. The van der Waals surface area contributed by atoms with Crippen molar-refractivity contribution in [2.24, 2.45) is 0 Å². The monoisotopic (exact) mass is 458 g/mol. The highest BCUT2D eigenvalue weighted by atomic mass is 32.2. The first kappa shape index (κ1) is 22.5. The Labute approximate surface area is 175 Å². The molecule has 8 nitrogen and oxygen atoms in total. The van der Waals surface area contributed by atoms with Crippen LogP contribution in [0, 0.1) is 10.1 Å². The smallest absolute Gasteiger partial charge is 0.425 e. The Kier molecular flexibility index (Phi) is 5.70. The van der Waals surface area contributed by atoms with Crippen LogP contribution in [-0.4, -0.2) is 44.3 Å². The molecule has 1 aliphatic heterocycles. The predicted octanol–water partition coefficient (Wildman–Crippen LogP) is 3.53. The molecule has 0 aliphatic carbocycles. The molecule has 0 unspecified atom stereocenters. The number of hydrogen-bond donors (Lipinski definition) is 0. The van der Waals surface area contributed by atoms with Crippen molar-refractivity contribution in [3.05, 3.63) is 57.6 Å². The number of fused-ring (bicyclic) bond motifs is 1. The van der Waals surface area contributed by atoms with E-state index in [1.165, 1.54) is 18.2 Å². The number of non-ortho nitro benzene ring substituents is 1. The maximum absolute atomic E-state index is 13.2. The number of rotatable bonds is 5. The number of carbonyl (C=O) groups is 1. The summed E-state index contributed by atoms with van der Waals surface area (Å²) in [6.07, 6.45) is -5.70. The summed E-state index contributed by atoms with van der Waals surface area (Å²) in [5.74, 6) is -1.27. The van der Waals surface area contributed by atoms with Gasteiger partial charge in [-0.25, -0.2) is 8.42 Å². The number of nitrogens with zero attached hydrogens (tertiary/aromatic N) is 2. The zero-order valence-electron chi connectivity index (χ0n) is 16.3. The van der Waals surface area contributed by atoms with Crippen molar-refractivity contribution < 1.29 is 36.0 Å². The summed E-state index contributed by atoms with van der Waals surface area (Å²) in [5.41, 5.74) is 0.229. The lowest BCUT2D eigenvalue weighted by Gasteiger charge is -2.22. The molecule has 1 amide bonds. The van der Waals surface area contributed by atoms with Gasteiger partial charge in [0.1, 0.15) is 5.75 Å². The topological polar surface area (TPSA) is 107 Å². The van der Waals surface area contributed by atoms with E-state index < -0.39 is 44.3 Å². The maximum atomic E-state index is 13.2. The number of hydrogen-bond acceptors (Lipinski definition) is 6. The van der Waals surface area contributed by atoms with Crippen LogP contribution in [0.1, 0.15) is 22.8 Å². The Balaban J connectivity index is 2.08. The number of carbonyl (C=O) groups excluding carboxylic acids is 1. The van der Waals surface area contributed by atoms with E-state index >= 15 is 0 Å². The second-order valence-corrected chi connectivity index (χ2v) is 9.02. The van der Waals surface area contributed by atoms with Gasteiger partial charge in [0.25, 0.3) is 11.6 Å². The van der Waals surface area contributed by atoms with E-state index in [2.05, 4.69) is 0 Å². The summed E-state index contributed by atoms with van der Waals surface area (Å²) in [6, 6.07) is 6.97.